The van der Waals surface area contributed by atoms with Crippen molar-refractivity contribution in [3.8, 4) is 5.75 Å². The van der Waals surface area contributed by atoms with Crippen molar-refractivity contribution in [1.29, 1.82) is 0 Å². The fraction of sp³-hybridized carbons (Fsp3) is 0.533. The van der Waals surface area contributed by atoms with Gasteiger partial charge in [0.25, 0.3) is 10.1 Å². The van der Waals surface area contributed by atoms with Crippen LogP contribution in [0.25, 0.3) is 0 Å². The zero-order valence-electron chi connectivity index (χ0n) is 13.6. The molecule has 22 heavy (non-hydrogen) atoms. The van der Waals surface area contributed by atoms with Crippen LogP contribution in [0.2, 0.25) is 0 Å². The lowest BCUT2D eigenvalue weighted by molar-refractivity contribution is -0.116. The van der Waals surface area contributed by atoms with Crippen LogP contribution < -0.4 is 10.1 Å². The van der Waals surface area contributed by atoms with Crippen molar-refractivity contribution in [3.63, 3.8) is 0 Å². The van der Waals surface area contributed by atoms with Gasteiger partial charge in [-0.3, -0.25) is 9.35 Å². The third kappa shape index (κ3) is 3.98. The van der Waals surface area contributed by atoms with E-state index in [1.165, 1.54) is 0 Å². The first kappa shape index (κ1) is 18.4. The van der Waals surface area contributed by atoms with Crippen molar-refractivity contribution in [2.75, 3.05) is 12.4 Å². The Balaban J connectivity index is 3.19. The van der Waals surface area contributed by atoms with E-state index in [1.807, 2.05) is 13.8 Å². The molecular weight excluding hydrogens is 306 g/mol. The molecule has 0 radical (unpaired) electrons. The van der Waals surface area contributed by atoms with E-state index in [1.54, 1.807) is 27.0 Å². The molecule has 0 fully saturated rings. The maximum Gasteiger partial charge on any atom is 0.276 e. The summed E-state index contributed by atoms with van der Waals surface area (Å²) in [7, 11) is -2.90. The maximum atomic E-state index is 12.2. The molecular formula is C15H23NO5S. The van der Waals surface area contributed by atoms with Gasteiger partial charge in [-0.25, -0.2) is 0 Å². The molecule has 7 heteroatoms. The highest BCUT2D eigenvalue weighted by molar-refractivity contribution is 7.87. The van der Waals surface area contributed by atoms with Gasteiger partial charge in [0.1, 0.15) is 5.75 Å². The zero-order chi connectivity index (χ0) is 17.1. The Morgan fingerprint density at radius 1 is 1.32 bits per heavy atom. The quantitative estimate of drug-likeness (QED) is 0.783. The molecule has 1 atom stereocenters. The van der Waals surface area contributed by atoms with Crippen molar-refractivity contribution in [1.82, 2.24) is 0 Å². The number of aryl methyl sites for hydroxylation is 1. The molecule has 0 aliphatic heterocycles. The first-order chi connectivity index (χ1) is 10.1. The molecule has 6 nitrogen and oxygen atoms in total. The van der Waals surface area contributed by atoms with Crippen LogP contribution in [0.1, 0.15) is 36.5 Å². The average molecular weight is 329 g/mol. The number of rotatable bonds is 6. The number of amides is 1. The third-order valence-corrected chi connectivity index (χ3v) is 4.87. The Kier molecular flexibility index (Phi) is 5.96. The van der Waals surface area contributed by atoms with E-state index in [9.17, 15) is 17.8 Å². The fourth-order valence-corrected chi connectivity index (χ4v) is 3.21. The Hall–Kier alpha value is -1.60. The van der Waals surface area contributed by atoms with Crippen molar-refractivity contribution in [3.05, 3.63) is 22.8 Å². The minimum absolute atomic E-state index is 0.0612. The molecule has 1 amide bonds. The molecule has 0 aliphatic carbocycles. The summed E-state index contributed by atoms with van der Waals surface area (Å²) in [6.45, 7) is 7.31. The number of methoxy groups -OCH3 is 1. The number of carbonyl (C=O) groups is 1. The summed E-state index contributed by atoms with van der Waals surface area (Å²) in [6, 6.07) is 1.76. The van der Waals surface area contributed by atoms with Gasteiger partial charge in [-0.15, -0.1) is 0 Å². The number of nitrogens with one attached hydrogen (secondary N) is 1. The standard InChI is InChI=1S/C15H23NO5S/c1-6-7-13(22(18,19)20)15(17)16-12-8-9(2)10(3)14(21-5)11(12)4/h8,13H,6-7H2,1-5H3,(H,16,17)(H,18,19,20). The van der Waals surface area contributed by atoms with Gasteiger partial charge in [0, 0.05) is 11.3 Å². The normalized spacial score (nSPS) is 12.8. The highest BCUT2D eigenvalue weighted by atomic mass is 32.2. The lowest BCUT2D eigenvalue weighted by atomic mass is 10.0. The third-order valence-electron chi connectivity index (χ3n) is 3.70. The van der Waals surface area contributed by atoms with Crippen LogP contribution in [-0.4, -0.2) is 31.2 Å². The number of ether oxygens (including phenoxy) is 1. The van der Waals surface area contributed by atoms with Crippen molar-refractivity contribution in [2.24, 2.45) is 0 Å². The van der Waals surface area contributed by atoms with Gasteiger partial charge in [-0.2, -0.15) is 8.42 Å². The first-order valence-corrected chi connectivity index (χ1v) is 8.55. The van der Waals surface area contributed by atoms with E-state index in [4.69, 9.17) is 4.74 Å². The molecule has 0 saturated heterocycles. The molecule has 0 aromatic heterocycles. The molecule has 1 unspecified atom stereocenters. The van der Waals surface area contributed by atoms with Gasteiger partial charge in [0.2, 0.25) is 5.91 Å². The second kappa shape index (κ2) is 7.11. The second-order valence-corrected chi connectivity index (χ2v) is 6.90. The second-order valence-electron chi connectivity index (χ2n) is 5.31. The van der Waals surface area contributed by atoms with E-state index in [0.717, 1.165) is 11.1 Å². The Morgan fingerprint density at radius 3 is 2.36 bits per heavy atom. The van der Waals surface area contributed by atoms with E-state index in [-0.39, 0.29) is 6.42 Å². The summed E-state index contributed by atoms with van der Waals surface area (Å²) in [6.07, 6.45) is 0.527. The molecule has 0 bridgehead atoms. The van der Waals surface area contributed by atoms with E-state index in [2.05, 4.69) is 5.32 Å². The van der Waals surface area contributed by atoms with Crippen LogP contribution in [0, 0.1) is 20.8 Å². The van der Waals surface area contributed by atoms with Gasteiger partial charge < -0.3 is 10.1 Å². The lowest BCUT2D eigenvalue weighted by Crippen LogP contribution is -2.35. The smallest absolute Gasteiger partial charge is 0.276 e. The summed E-state index contributed by atoms with van der Waals surface area (Å²) in [5.74, 6) is -0.0908. The topological polar surface area (TPSA) is 92.7 Å². The van der Waals surface area contributed by atoms with Gasteiger partial charge in [0.05, 0.1) is 7.11 Å². The molecule has 0 heterocycles. The molecule has 0 aliphatic rings. The SMILES string of the molecule is CCCC(C(=O)Nc1cc(C)c(C)c(OC)c1C)S(=O)(=O)O. The fourth-order valence-electron chi connectivity index (χ4n) is 2.34. The van der Waals surface area contributed by atoms with Crippen LogP contribution in [0.5, 0.6) is 5.75 Å². The molecule has 1 aromatic carbocycles. The summed E-state index contributed by atoms with van der Waals surface area (Å²) in [4.78, 5) is 12.2. The van der Waals surface area contributed by atoms with Crippen molar-refractivity contribution < 1.29 is 22.5 Å². The minimum atomic E-state index is -4.44. The van der Waals surface area contributed by atoms with Gasteiger partial charge >= 0.3 is 0 Å². The van der Waals surface area contributed by atoms with E-state index >= 15 is 0 Å². The number of carbonyl (C=O) groups excluding carboxylic acids is 1. The highest BCUT2D eigenvalue weighted by Crippen LogP contribution is 2.32. The number of hydrogen-bond acceptors (Lipinski definition) is 4. The molecule has 0 spiro atoms. The van der Waals surface area contributed by atoms with Crippen molar-refractivity contribution in [2.45, 2.75) is 45.8 Å². The summed E-state index contributed by atoms with van der Waals surface area (Å²) in [5, 5.41) is 1.12. The van der Waals surface area contributed by atoms with Crippen LogP contribution in [-0.2, 0) is 14.9 Å². The van der Waals surface area contributed by atoms with Crippen LogP contribution in [0.4, 0.5) is 5.69 Å². The maximum absolute atomic E-state index is 12.2. The van der Waals surface area contributed by atoms with E-state index < -0.39 is 21.3 Å². The summed E-state index contributed by atoms with van der Waals surface area (Å²) >= 11 is 0. The molecule has 124 valence electrons. The Morgan fingerprint density at radius 2 is 1.91 bits per heavy atom. The minimum Gasteiger partial charge on any atom is -0.496 e. The summed E-state index contributed by atoms with van der Waals surface area (Å²) < 4.78 is 37.3. The predicted molar refractivity (Wildman–Crippen MR) is 86.1 cm³/mol. The van der Waals surface area contributed by atoms with Crippen LogP contribution in [0.15, 0.2) is 6.07 Å². The van der Waals surface area contributed by atoms with E-state index in [0.29, 0.717) is 23.4 Å². The molecule has 1 aromatic rings. The number of anilines is 1. The Labute approximate surface area is 131 Å². The molecule has 0 saturated carbocycles. The largest absolute Gasteiger partial charge is 0.496 e. The van der Waals surface area contributed by atoms with Crippen LogP contribution >= 0.6 is 0 Å². The number of benzene rings is 1. The summed E-state index contributed by atoms with van der Waals surface area (Å²) in [5.41, 5.74) is 3.06. The average Bonchev–Trinajstić information content (AvgIpc) is 2.41. The van der Waals surface area contributed by atoms with Crippen molar-refractivity contribution >= 4 is 21.7 Å². The zero-order valence-corrected chi connectivity index (χ0v) is 14.4. The molecule has 1 rings (SSSR count). The molecule has 2 N–H and O–H groups in total. The first-order valence-electron chi connectivity index (χ1n) is 7.05. The van der Waals surface area contributed by atoms with Crippen LogP contribution in [0.3, 0.4) is 0 Å². The monoisotopic (exact) mass is 329 g/mol. The predicted octanol–water partition coefficient (Wildman–Crippen LogP) is 2.62. The van der Waals surface area contributed by atoms with Gasteiger partial charge in [-0.05, 0) is 44.4 Å². The van der Waals surface area contributed by atoms with Gasteiger partial charge in [0.15, 0.2) is 5.25 Å². The Bertz CT molecular complexity index is 667. The number of hydrogen-bond donors (Lipinski definition) is 2. The lowest BCUT2D eigenvalue weighted by Gasteiger charge is -2.18. The van der Waals surface area contributed by atoms with Gasteiger partial charge in [-0.1, -0.05) is 13.3 Å². The highest BCUT2D eigenvalue weighted by Gasteiger charge is 2.30.